The van der Waals surface area contributed by atoms with Crippen LogP contribution in [0, 0.1) is 6.92 Å². The maximum atomic E-state index is 12.2. The van der Waals surface area contributed by atoms with Crippen molar-refractivity contribution in [1.82, 2.24) is 5.32 Å². The Labute approximate surface area is 143 Å². The summed E-state index contributed by atoms with van der Waals surface area (Å²) in [5.41, 5.74) is 2.25. The van der Waals surface area contributed by atoms with E-state index >= 15 is 0 Å². The summed E-state index contributed by atoms with van der Waals surface area (Å²) in [5.74, 6) is 0.489. The average molecular weight is 379 g/mol. The number of carbonyl (C=O) groups excluding carboxylic acids is 1. The van der Waals surface area contributed by atoms with Crippen molar-refractivity contribution < 1.29 is 9.53 Å². The fourth-order valence-electron chi connectivity index (χ4n) is 1.90. The Hall–Kier alpha value is -1.92. The van der Waals surface area contributed by atoms with Gasteiger partial charge in [-0.05, 0) is 64.9 Å². The number of carbonyl (C=O) groups is 1. The monoisotopic (exact) mass is 378 g/mol. The van der Waals surface area contributed by atoms with Gasteiger partial charge in [-0.1, -0.05) is 18.2 Å². The van der Waals surface area contributed by atoms with Gasteiger partial charge in [-0.3, -0.25) is 10.1 Å². The molecule has 0 spiro atoms. The molecular formula is C16H15BrN2O2S. The predicted octanol–water partition coefficient (Wildman–Crippen LogP) is 3.89. The van der Waals surface area contributed by atoms with E-state index in [1.807, 2.05) is 37.3 Å². The number of hydrogen-bond acceptors (Lipinski definition) is 3. The third kappa shape index (κ3) is 4.05. The predicted molar refractivity (Wildman–Crippen MR) is 95.6 cm³/mol. The molecule has 4 nitrogen and oxygen atoms in total. The van der Waals surface area contributed by atoms with Gasteiger partial charge in [0.25, 0.3) is 5.91 Å². The normalized spacial score (nSPS) is 9.95. The van der Waals surface area contributed by atoms with Crippen LogP contribution in [-0.2, 0) is 0 Å². The third-order valence-electron chi connectivity index (χ3n) is 3.03. The van der Waals surface area contributed by atoms with Gasteiger partial charge in [0.2, 0.25) is 0 Å². The molecular weight excluding hydrogens is 364 g/mol. The molecule has 0 unspecified atom stereocenters. The van der Waals surface area contributed by atoms with Crippen molar-refractivity contribution >= 4 is 44.9 Å². The quantitative estimate of drug-likeness (QED) is 0.795. The molecule has 114 valence electrons. The van der Waals surface area contributed by atoms with Gasteiger partial charge < -0.3 is 10.1 Å². The maximum absolute atomic E-state index is 12.2. The van der Waals surface area contributed by atoms with Gasteiger partial charge in [0, 0.05) is 11.3 Å². The lowest BCUT2D eigenvalue weighted by Crippen LogP contribution is -2.34. The molecule has 0 radical (unpaired) electrons. The Kier molecular flexibility index (Phi) is 5.51. The zero-order valence-electron chi connectivity index (χ0n) is 12.1. The lowest BCUT2D eigenvalue weighted by atomic mass is 10.1. The molecule has 2 N–H and O–H groups in total. The van der Waals surface area contributed by atoms with Crippen LogP contribution in [0.4, 0.5) is 5.69 Å². The number of thiocarbonyl (C=S) groups is 1. The topological polar surface area (TPSA) is 50.4 Å². The van der Waals surface area contributed by atoms with E-state index in [9.17, 15) is 4.79 Å². The van der Waals surface area contributed by atoms with Gasteiger partial charge in [0.15, 0.2) is 5.11 Å². The first-order chi connectivity index (χ1) is 10.5. The van der Waals surface area contributed by atoms with Crippen LogP contribution in [0.3, 0.4) is 0 Å². The fourth-order valence-corrected chi connectivity index (χ4v) is 2.66. The molecule has 2 rings (SSSR count). The van der Waals surface area contributed by atoms with Crippen molar-refractivity contribution in [1.29, 1.82) is 0 Å². The summed E-state index contributed by atoms with van der Waals surface area (Å²) in [7, 11) is 1.60. The van der Waals surface area contributed by atoms with Crippen molar-refractivity contribution in [3.8, 4) is 5.75 Å². The van der Waals surface area contributed by atoms with Crippen molar-refractivity contribution in [2.75, 3.05) is 12.4 Å². The summed E-state index contributed by atoms with van der Waals surface area (Å²) < 4.78 is 5.96. The van der Waals surface area contributed by atoms with E-state index in [0.29, 0.717) is 5.56 Å². The van der Waals surface area contributed by atoms with E-state index in [1.54, 1.807) is 19.2 Å². The lowest BCUT2D eigenvalue weighted by molar-refractivity contribution is 0.0977. The molecule has 0 aliphatic rings. The van der Waals surface area contributed by atoms with E-state index in [2.05, 4.69) is 26.6 Å². The summed E-state index contributed by atoms with van der Waals surface area (Å²) in [6.45, 7) is 1.88. The van der Waals surface area contributed by atoms with Crippen LogP contribution in [0.1, 0.15) is 15.9 Å². The highest BCUT2D eigenvalue weighted by Gasteiger charge is 2.10. The number of ether oxygens (including phenoxy) is 1. The molecule has 0 aromatic heterocycles. The summed E-state index contributed by atoms with van der Waals surface area (Å²) in [4.78, 5) is 12.2. The molecule has 0 fully saturated rings. The molecule has 22 heavy (non-hydrogen) atoms. The van der Waals surface area contributed by atoms with Crippen molar-refractivity contribution in [2.45, 2.75) is 6.92 Å². The Balaban J connectivity index is 2.03. The third-order valence-corrected chi connectivity index (χ3v) is 3.85. The highest BCUT2D eigenvalue weighted by atomic mass is 79.9. The molecule has 0 heterocycles. The summed E-state index contributed by atoms with van der Waals surface area (Å²) in [6, 6.07) is 12.8. The Morgan fingerprint density at radius 3 is 2.59 bits per heavy atom. The molecule has 0 saturated heterocycles. The summed E-state index contributed by atoms with van der Waals surface area (Å²) in [6.07, 6.45) is 0. The minimum atomic E-state index is -0.233. The van der Waals surface area contributed by atoms with Crippen molar-refractivity contribution in [2.24, 2.45) is 0 Å². The zero-order valence-corrected chi connectivity index (χ0v) is 14.5. The highest BCUT2D eigenvalue weighted by molar-refractivity contribution is 9.10. The zero-order chi connectivity index (χ0) is 16.1. The average Bonchev–Trinajstić information content (AvgIpc) is 2.47. The number of amides is 1. The van der Waals surface area contributed by atoms with Gasteiger partial charge in [-0.25, -0.2) is 0 Å². The SMILES string of the molecule is COc1ccc(NC(=S)NC(=O)c2ccccc2C)cc1Br. The number of methoxy groups -OCH3 is 1. The maximum Gasteiger partial charge on any atom is 0.257 e. The first-order valence-corrected chi connectivity index (χ1v) is 7.73. The number of nitrogens with one attached hydrogen (secondary N) is 2. The number of anilines is 1. The van der Waals surface area contributed by atoms with Gasteiger partial charge >= 0.3 is 0 Å². The second kappa shape index (κ2) is 7.38. The van der Waals surface area contributed by atoms with Crippen LogP contribution in [-0.4, -0.2) is 18.1 Å². The Bertz CT molecular complexity index is 719. The van der Waals surface area contributed by atoms with Crippen LogP contribution in [0.2, 0.25) is 0 Å². The number of aryl methyl sites for hydroxylation is 1. The van der Waals surface area contributed by atoms with E-state index in [1.165, 1.54) is 0 Å². The van der Waals surface area contributed by atoms with Crippen LogP contribution >= 0.6 is 28.1 Å². The lowest BCUT2D eigenvalue weighted by Gasteiger charge is -2.12. The van der Waals surface area contributed by atoms with Gasteiger partial charge in [-0.15, -0.1) is 0 Å². The number of halogens is 1. The summed E-state index contributed by atoms with van der Waals surface area (Å²) in [5, 5.41) is 5.88. The molecule has 0 bridgehead atoms. The fraction of sp³-hybridized carbons (Fsp3) is 0.125. The molecule has 0 atom stereocenters. The minimum Gasteiger partial charge on any atom is -0.496 e. The molecule has 2 aromatic carbocycles. The highest BCUT2D eigenvalue weighted by Crippen LogP contribution is 2.27. The first kappa shape index (κ1) is 16.5. The van der Waals surface area contributed by atoms with Crippen molar-refractivity contribution in [3.63, 3.8) is 0 Å². The molecule has 0 aliphatic carbocycles. The van der Waals surface area contributed by atoms with Crippen LogP contribution in [0.5, 0.6) is 5.75 Å². The smallest absolute Gasteiger partial charge is 0.257 e. The Morgan fingerprint density at radius 2 is 1.95 bits per heavy atom. The van der Waals surface area contributed by atoms with Gasteiger partial charge in [0.1, 0.15) is 5.75 Å². The van der Waals surface area contributed by atoms with E-state index < -0.39 is 0 Å². The largest absolute Gasteiger partial charge is 0.496 e. The number of hydrogen-bond donors (Lipinski definition) is 2. The Morgan fingerprint density at radius 1 is 1.23 bits per heavy atom. The molecule has 6 heteroatoms. The number of benzene rings is 2. The second-order valence-corrected chi connectivity index (χ2v) is 5.84. The standard InChI is InChI=1S/C16H15BrN2O2S/c1-10-5-3-4-6-12(10)15(20)19-16(22)18-11-7-8-14(21-2)13(17)9-11/h3-9H,1-2H3,(H2,18,19,20,22). The van der Waals surface area contributed by atoms with Crippen LogP contribution in [0.15, 0.2) is 46.9 Å². The minimum absolute atomic E-state index is 0.233. The molecule has 0 aliphatic heterocycles. The van der Waals surface area contributed by atoms with Gasteiger partial charge in [0.05, 0.1) is 11.6 Å². The van der Waals surface area contributed by atoms with E-state index in [4.69, 9.17) is 17.0 Å². The molecule has 2 aromatic rings. The molecule has 0 saturated carbocycles. The van der Waals surface area contributed by atoms with Gasteiger partial charge in [-0.2, -0.15) is 0 Å². The number of rotatable bonds is 3. The van der Waals surface area contributed by atoms with E-state index in [-0.39, 0.29) is 11.0 Å². The van der Waals surface area contributed by atoms with E-state index in [0.717, 1.165) is 21.5 Å². The molecule has 1 amide bonds. The first-order valence-electron chi connectivity index (χ1n) is 6.52. The van der Waals surface area contributed by atoms with Crippen molar-refractivity contribution in [3.05, 3.63) is 58.1 Å². The summed E-state index contributed by atoms with van der Waals surface area (Å²) >= 11 is 8.57. The van der Waals surface area contributed by atoms with Crippen LogP contribution < -0.4 is 15.4 Å². The second-order valence-electron chi connectivity index (χ2n) is 4.57. The van der Waals surface area contributed by atoms with Crippen LogP contribution in [0.25, 0.3) is 0 Å².